The van der Waals surface area contributed by atoms with Crippen LogP contribution in [0.25, 0.3) is 0 Å². The molecule has 7 heteroatoms. The summed E-state index contributed by atoms with van der Waals surface area (Å²) in [7, 11) is 0. The van der Waals surface area contributed by atoms with Crippen molar-refractivity contribution in [3.05, 3.63) is 37.1 Å². The monoisotopic (exact) mass is 213 g/mol. The van der Waals surface area contributed by atoms with E-state index in [0.29, 0.717) is 0 Å². The van der Waals surface area contributed by atoms with Gasteiger partial charge in [0.15, 0.2) is 0 Å². The first-order valence-electron chi connectivity index (χ1n) is 4.40. The van der Waals surface area contributed by atoms with Crippen molar-refractivity contribution in [2.75, 3.05) is 0 Å². The third-order valence-corrected chi connectivity index (χ3v) is 1.79. The Kier molecular flexibility index (Phi) is 3.03. The first-order valence-corrected chi connectivity index (χ1v) is 4.40. The second-order valence-electron chi connectivity index (χ2n) is 3.55. The number of hydrogen-bond donors (Lipinski definition) is 1. The molecule has 0 atom stereocenters. The SMILES string of the molecule is CC(C)Cn1c(=O)[nH]cc([N+](=O)[O-])c1=O. The summed E-state index contributed by atoms with van der Waals surface area (Å²) in [5, 5.41) is 10.4. The van der Waals surface area contributed by atoms with E-state index in [-0.39, 0.29) is 12.5 Å². The molecule has 0 aliphatic heterocycles. The summed E-state index contributed by atoms with van der Waals surface area (Å²) < 4.78 is 0.836. The van der Waals surface area contributed by atoms with Gasteiger partial charge in [-0.3, -0.25) is 19.5 Å². The number of hydrogen-bond acceptors (Lipinski definition) is 4. The van der Waals surface area contributed by atoms with E-state index >= 15 is 0 Å². The molecule has 0 unspecified atom stereocenters. The van der Waals surface area contributed by atoms with Gasteiger partial charge in [-0.15, -0.1) is 0 Å². The fourth-order valence-electron chi connectivity index (χ4n) is 1.16. The molecule has 1 heterocycles. The van der Waals surface area contributed by atoms with E-state index in [9.17, 15) is 19.7 Å². The molecule has 0 aromatic carbocycles. The molecule has 0 saturated carbocycles. The van der Waals surface area contributed by atoms with Crippen molar-refractivity contribution >= 4 is 5.69 Å². The summed E-state index contributed by atoms with van der Waals surface area (Å²) in [4.78, 5) is 34.5. The fraction of sp³-hybridized carbons (Fsp3) is 0.500. The minimum atomic E-state index is -0.863. The Labute approximate surface area is 84.5 Å². The van der Waals surface area contributed by atoms with E-state index in [1.807, 2.05) is 13.8 Å². The van der Waals surface area contributed by atoms with Crippen LogP contribution in [0.15, 0.2) is 15.8 Å². The van der Waals surface area contributed by atoms with Gasteiger partial charge in [-0.1, -0.05) is 13.8 Å². The van der Waals surface area contributed by atoms with Crippen molar-refractivity contribution in [3.63, 3.8) is 0 Å². The van der Waals surface area contributed by atoms with Crippen LogP contribution in [0, 0.1) is 16.0 Å². The molecule has 15 heavy (non-hydrogen) atoms. The Hall–Kier alpha value is -1.92. The number of nitrogens with one attached hydrogen (secondary N) is 1. The van der Waals surface area contributed by atoms with Gasteiger partial charge in [0.2, 0.25) is 0 Å². The zero-order valence-corrected chi connectivity index (χ0v) is 8.39. The van der Waals surface area contributed by atoms with Gasteiger partial charge < -0.3 is 4.98 Å². The first kappa shape index (κ1) is 11.2. The number of H-pyrrole nitrogens is 1. The highest BCUT2D eigenvalue weighted by Gasteiger charge is 2.16. The maximum absolute atomic E-state index is 11.5. The number of rotatable bonds is 3. The lowest BCUT2D eigenvalue weighted by molar-refractivity contribution is -0.386. The minimum Gasteiger partial charge on any atom is -0.307 e. The van der Waals surface area contributed by atoms with E-state index in [1.54, 1.807) is 0 Å². The normalized spacial score (nSPS) is 10.6. The summed E-state index contributed by atoms with van der Waals surface area (Å²) in [5.74, 6) is 0.0609. The van der Waals surface area contributed by atoms with E-state index < -0.39 is 21.9 Å². The molecule has 0 aliphatic rings. The molecule has 0 bridgehead atoms. The molecule has 1 N–H and O–H groups in total. The third-order valence-electron chi connectivity index (χ3n) is 1.79. The van der Waals surface area contributed by atoms with Crippen LogP contribution in [-0.4, -0.2) is 14.5 Å². The van der Waals surface area contributed by atoms with Gasteiger partial charge in [-0.2, -0.15) is 0 Å². The number of aromatic amines is 1. The minimum absolute atomic E-state index is 0.0609. The van der Waals surface area contributed by atoms with Crippen molar-refractivity contribution in [2.45, 2.75) is 20.4 Å². The van der Waals surface area contributed by atoms with E-state index in [1.165, 1.54) is 0 Å². The van der Waals surface area contributed by atoms with E-state index in [4.69, 9.17) is 0 Å². The standard InChI is InChI=1S/C8H11N3O4/c1-5(2)4-10-7(12)6(11(14)15)3-9-8(10)13/h3,5H,4H2,1-2H3,(H,9,13). The average Bonchev–Trinajstić information content (AvgIpc) is 2.11. The van der Waals surface area contributed by atoms with Crippen LogP contribution < -0.4 is 11.2 Å². The van der Waals surface area contributed by atoms with Crippen LogP contribution in [0.2, 0.25) is 0 Å². The molecule has 0 fully saturated rings. The van der Waals surface area contributed by atoms with Crippen LogP contribution in [0.1, 0.15) is 13.8 Å². The molecule has 0 amide bonds. The molecular weight excluding hydrogens is 202 g/mol. The Morgan fingerprint density at radius 3 is 2.60 bits per heavy atom. The summed E-state index contributed by atoms with van der Waals surface area (Å²) in [6.45, 7) is 3.78. The highest BCUT2D eigenvalue weighted by atomic mass is 16.6. The van der Waals surface area contributed by atoms with Crippen molar-refractivity contribution < 1.29 is 4.92 Å². The third kappa shape index (κ3) is 2.30. The molecule has 0 aliphatic carbocycles. The van der Waals surface area contributed by atoms with Gasteiger partial charge >= 0.3 is 16.9 Å². The fourth-order valence-corrected chi connectivity index (χ4v) is 1.16. The van der Waals surface area contributed by atoms with Crippen molar-refractivity contribution in [3.8, 4) is 0 Å². The molecule has 82 valence electrons. The summed E-state index contributed by atoms with van der Waals surface area (Å²) in [5.41, 5.74) is -2.10. The quantitative estimate of drug-likeness (QED) is 0.568. The summed E-state index contributed by atoms with van der Waals surface area (Å²) in [6, 6.07) is 0. The molecular formula is C8H11N3O4. The average molecular weight is 213 g/mol. The molecule has 0 radical (unpaired) electrons. The van der Waals surface area contributed by atoms with Crippen LogP contribution >= 0.6 is 0 Å². The second-order valence-corrected chi connectivity index (χ2v) is 3.55. The van der Waals surface area contributed by atoms with Crippen LogP contribution in [0.3, 0.4) is 0 Å². The Bertz CT molecular complexity index is 485. The highest BCUT2D eigenvalue weighted by Crippen LogP contribution is 1.99. The van der Waals surface area contributed by atoms with Gasteiger partial charge in [0, 0.05) is 6.54 Å². The largest absolute Gasteiger partial charge is 0.350 e. The number of nitrogens with zero attached hydrogens (tertiary/aromatic N) is 2. The van der Waals surface area contributed by atoms with E-state index in [2.05, 4.69) is 4.98 Å². The zero-order chi connectivity index (χ0) is 11.6. The lowest BCUT2D eigenvalue weighted by Crippen LogP contribution is -2.37. The molecule has 1 aromatic heterocycles. The molecule has 0 spiro atoms. The Balaban J connectivity index is 3.37. The van der Waals surface area contributed by atoms with Gasteiger partial charge in [-0.05, 0) is 5.92 Å². The van der Waals surface area contributed by atoms with Gasteiger partial charge in [0.05, 0.1) is 11.1 Å². The van der Waals surface area contributed by atoms with Crippen LogP contribution in [0.5, 0.6) is 0 Å². The highest BCUT2D eigenvalue weighted by molar-refractivity contribution is 5.20. The lowest BCUT2D eigenvalue weighted by Gasteiger charge is -2.05. The second kappa shape index (κ2) is 4.07. The predicted octanol–water partition coefficient (Wildman–Crippen LogP) is 0.101. The lowest BCUT2D eigenvalue weighted by atomic mass is 10.2. The predicted molar refractivity (Wildman–Crippen MR) is 52.8 cm³/mol. The maximum Gasteiger partial charge on any atom is 0.350 e. The smallest absolute Gasteiger partial charge is 0.307 e. The Morgan fingerprint density at radius 2 is 2.13 bits per heavy atom. The van der Waals surface area contributed by atoms with Crippen LogP contribution in [-0.2, 0) is 6.54 Å². The van der Waals surface area contributed by atoms with Gasteiger partial charge in [0.25, 0.3) is 0 Å². The summed E-state index contributed by atoms with van der Waals surface area (Å²) >= 11 is 0. The van der Waals surface area contributed by atoms with Crippen LogP contribution in [0.4, 0.5) is 5.69 Å². The van der Waals surface area contributed by atoms with Crippen molar-refractivity contribution in [2.24, 2.45) is 5.92 Å². The molecule has 1 rings (SSSR count). The summed E-state index contributed by atoms with van der Waals surface area (Å²) in [6.07, 6.45) is 0.821. The molecule has 7 nitrogen and oxygen atoms in total. The van der Waals surface area contributed by atoms with Crippen molar-refractivity contribution in [1.29, 1.82) is 0 Å². The molecule has 1 aromatic rings. The zero-order valence-electron chi connectivity index (χ0n) is 8.39. The Morgan fingerprint density at radius 1 is 1.53 bits per heavy atom. The first-order chi connectivity index (χ1) is 6.93. The van der Waals surface area contributed by atoms with Gasteiger partial charge in [-0.25, -0.2) is 4.79 Å². The van der Waals surface area contributed by atoms with Gasteiger partial charge in [0.1, 0.15) is 0 Å². The number of nitro groups is 1. The topological polar surface area (TPSA) is 98.0 Å². The molecule has 0 saturated heterocycles. The van der Waals surface area contributed by atoms with Crippen molar-refractivity contribution in [1.82, 2.24) is 9.55 Å². The van der Waals surface area contributed by atoms with E-state index in [0.717, 1.165) is 10.8 Å². The maximum atomic E-state index is 11.5. The number of aromatic nitrogens is 2.